The molecule has 1 saturated heterocycles. The molecule has 2 N–H and O–H groups in total. The van der Waals surface area contributed by atoms with Crippen LogP contribution >= 0.6 is 0 Å². The largest absolute Gasteiger partial charge is 0.375 e. The van der Waals surface area contributed by atoms with Crippen molar-refractivity contribution in [2.75, 3.05) is 19.7 Å². The summed E-state index contributed by atoms with van der Waals surface area (Å²) in [7, 11) is 0. The average molecular weight is 290 g/mol. The topological polar surface area (TPSA) is 50.4 Å². The first kappa shape index (κ1) is 16.0. The Balaban J connectivity index is 1.88. The zero-order valence-corrected chi connectivity index (χ0v) is 13.5. The van der Waals surface area contributed by atoms with E-state index >= 15 is 0 Å². The molecule has 1 aromatic rings. The number of carbonyl (C=O) groups is 1. The van der Waals surface area contributed by atoms with E-state index < -0.39 is 0 Å². The molecule has 1 aliphatic heterocycles. The summed E-state index contributed by atoms with van der Waals surface area (Å²) in [5, 5.41) is 6.23. The van der Waals surface area contributed by atoms with Crippen LogP contribution in [0.1, 0.15) is 29.2 Å². The highest BCUT2D eigenvalue weighted by Gasteiger charge is 2.27. The maximum atomic E-state index is 12.2. The molecule has 0 aliphatic carbocycles. The van der Waals surface area contributed by atoms with Crippen molar-refractivity contribution in [3.05, 3.63) is 34.4 Å². The second-order valence-electron chi connectivity index (χ2n) is 5.93. The van der Waals surface area contributed by atoms with Crippen LogP contribution in [0.5, 0.6) is 0 Å². The van der Waals surface area contributed by atoms with Gasteiger partial charge in [0, 0.05) is 13.1 Å². The molecule has 1 aromatic carbocycles. The predicted octanol–water partition coefficient (Wildman–Crippen LogP) is 1.65. The summed E-state index contributed by atoms with van der Waals surface area (Å²) >= 11 is 0. The lowest BCUT2D eigenvalue weighted by atomic mass is 9.97. The Morgan fingerprint density at radius 1 is 1.33 bits per heavy atom. The highest BCUT2D eigenvalue weighted by Crippen LogP contribution is 2.16. The molecule has 0 spiro atoms. The highest BCUT2D eigenvalue weighted by atomic mass is 16.5. The van der Waals surface area contributed by atoms with Gasteiger partial charge in [0.25, 0.3) is 0 Å². The van der Waals surface area contributed by atoms with Gasteiger partial charge in [-0.05, 0) is 50.8 Å². The molecule has 0 unspecified atom stereocenters. The van der Waals surface area contributed by atoms with Gasteiger partial charge < -0.3 is 15.4 Å². The average Bonchev–Trinajstić information content (AvgIpc) is 2.42. The van der Waals surface area contributed by atoms with Gasteiger partial charge in [0.1, 0.15) is 6.04 Å². The Kier molecular flexibility index (Phi) is 5.37. The lowest BCUT2D eigenvalue weighted by Crippen LogP contribution is -2.55. The van der Waals surface area contributed by atoms with Gasteiger partial charge in [-0.15, -0.1) is 0 Å². The summed E-state index contributed by atoms with van der Waals surface area (Å²) in [6.45, 7) is 10.4. The molecular weight excluding hydrogens is 264 g/mol. The number of rotatable bonds is 4. The van der Waals surface area contributed by atoms with Gasteiger partial charge in [-0.1, -0.05) is 17.7 Å². The minimum Gasteiger partial charge on any atom is -0.375 e. The Hall–Kier alpha value is -1.39. The Bertz CT molecular complexity index is 491. The summed E-state index contributed by atoms with van der Waals surface area (Å²) < 4.78 is 5.50. The number of benzene rings is 1. The third-order valence-electron chi connectivity index (χ3n) is 4.11. The van der Waals surface area contributed by atoms with Crippen molar-refractivity contribution in [3.8, 4) is 0 Å². The maximum absolute atomic E-state index is 12.2. The molecule has 21 heavy (non-hydrogen) atoms. The molecule has 0 aromatic heterocycles. The van der Waals surface area contributed by atoms with E-state index in [2.05, 4.69) is 43.5 Å². The fourth-order valence-corrected chi connectivity index (χ4v) is 3.05. The second-order valence-corrected chi connectivity index (χ2v) is 5.93. The van der Waals surface area contributed by atoms with Crippen LogP contribution in [0.15, 0.2) is 12.1 Å². The van der Waals surface area contributed by atoms with E-state index in [1.165, 1.54) is 22.3 Å². The summed E-state index contributed by atoms with van der Waals surface area (Å²) in [5.74, 6) is 0.0321. The van der Waals surface area contributed by atoms with Gasteiger partial charge in [0.05, 0.1) is 12.7 Å². The Labute approximate surface area is 127 Å². The number of nitrogens with one attached hydrogen (secondary N) is 2. The number of aryl methyl sites for hydroxylation is 3. The van der Waals surface area contributed by atoms with Crippen LogP contribution < -0.4 is 10.6 Å². The third kappa shape index (κ3) is 4.05. The predicted molar refractivity (Wildman–Crippen MR) is 84.6 cm³/mol. The fraction of sp³-hybridized carbons (Fsp3) is 0.588. The van der Waals surface area contributed by atoms with Crippen LogP contribution in [0.4, 0.5) is 0 Å². The molecule has 1 aliphatic rings. The molecule has 0 bridgehead atoms. The molecule has 4 heteroatoms. The van der Waals surface area contributed by atoms with E-state index in [-0.39, 0.29) is 18.1 Å². The smallest absolute Gasteiger partial charge is 0.239 e. The van der Waals surface area contributed by atoms with Gasteiger partial charge in [0.2, 0.25) is 5.91 Å². The maximum Gasteiger partial charge on any atom is 0.239 e. The molecule has 1 amide bonds. The van der Waals surface area contributed by atoms with Crippen LogP contribution in [0.2, 0.25) is 0 Å². The number of amides is 1. The number of carbonyl (C=O) groups excluding carboxylic acids is 1. The zero-order valence-electron chi connectivity index (χ0n) is 13.5. The number of ether oxygens (including phenoxy) is 1. The standard InChI is InChI=1S/C17H26N2O2/c1-11-9-12(2)15(13(3)10-11)5-6-19-17(20)16-14(4)21-8-7-18-16/h9-10,14,16,18H,5-8H2,1-4H3,(H,19,20)/t14-,16+/m1/s1. The third-order valence-corrected chi connectivity index (χ3v) is 4.11. The van der Waals surface area contributed by atoms with Crippen molar-refractivity contribution in [2.24, 2.45) is 0 Å². The first-order valence-corrected chi connectivity index (χ1v) is 7.68. The van der Waals surface area contributed by atoms with Crippen molar-refractivity contribution in [1.82, 2.24) is 10.6 Å². The first-order chi connectivity index (χ1) is 9.99. The minimum absolute atomic E-state index is 0.0321. The van der Waals surface area contributed by atoms with Gasteiger partial charge in [-0.3, -0.25) is 4.79 Å². The number of hydrogen-bond donors (Lipinski definition) is 2. The highest BCUT2D eigenvalue weighted by molar-refractivity contribution is 5.82. The molecule has 2 rings (SSSR count). The molecule has 116 valence electrons. The van der Waals surface area contributed by atoms with Crippen LogP contribution in [0, 0.1) is 20.8 Å². The van der Waals surface area contributed by atoms with Crippen molar-refractivity contribution >= 4 is 5.91 Å². The quantitative estimate of drug-likeness (QED) is 0.886. The van der Waals surface area contributed by atoms with Crippen molar-refractivity contribution in [3.63, 3.8) is 0 Å². The van der Waals surface area contributed by atoms with E-state index in [9.17, 15) is 4.79 Å². The molecular formula is C17H26N2O2. The monoisotopic (exact) mass is 290 g/mol. The van der Waals surface area contributed by atoms with Gasteiger partial charge >= 0.3 is 0 Å². The van der Waals surface area contributed by atoms with E-state index in [0.29, 0.717) is 13.2 Å². The normalized spacial score (nSPS) is 22.1. The van der Waals surface area contributed by atoms with Crippen molar-refractivity contribution in [2.45, 2.75) is 46.3 Å². The lowest BCUT2D eigenvalue weighted by Gasteiger charge is -2.29. The van der Waals surface area contributed by atoms with E-state index in [4.69, 9.17) is 4.74 Å². The molecule has 0 saturated carbocycles. The molecule has 4 nitrogen and oxygen atoms in total. The molecule has 2 atom stereocenters. The zero-order chi connectivity index (χ0) is 15.4. The number of morpholine rings is 1. The van der Waals surface area contributed by atoms with Gasteiger partial charge in [-0.2, -0.15) is 0 Å². The van der Waals surface area contributed by atoms with Gasteiger partial charge in [0.15, 0.2) is 0 Å². The van der Waals surface area contributed by atoms with E-state index in [1.54, 1.807) is 0 Å². The van der Waals surface area contributed by atoms with E-state index in [0.717, 1.165) is 13.0 Å². The SMILES string of the molecule is Cc1cc(C)c(CCNC(=O)[C@H]2NCCO[C@@H]2C)c(C)c1. The molecule has 1 fully saturated rings. The summed E-state index contributed by atoms with van der Waals surface area (Å²) in [5.41, 5.74) is 5.22. The summed E-state index contributed by atoms with van der Waals surface area (Å²) in [4.78, 5) is 12.2. The summed E-state index contributed by atoms with van der Waals surface area (Å²) in [6.07, 6.45) is 0.799. The minimum atomic E-state index is -0.237. The molecule has 1 heterocycles. The van der Waals surface area contributed by atoms with Crippen LogP contribution in [0.25, 0.3) is 0 Å². The van der Waals surface area contributed by atoms with Crippen LogP contribution in [0.3, 0.4) is 0 Å². The van der Waals surface area contributed by atoms with Crippen molar-refractivity contribution < 1.29 is 9.53 Å². The molecule has 0 radical (unpaired) electrons. The Morgan fingerprint density at radius 2 is 2.00 bits per heavy atom. The van der Waals surface area contributed by atoms with Crippen LogP contribution in [-0.4, -0.2) is 37.7 Å². The van der Waals surface area contributed by atoms with Crippen molar-refractivity contribution in [1.29, 1.82) is 0 Å². The first-order valence-electron chi connectivity index (χ1n) is 7.68. The van der Waals surface area contributed by atoms with Crippen LogP contribution in [-0.2, 0) is 16.0 Å². The fourth-order valence-electron chi connectivity index (χ4n) is 3.05. The number of hydrogen-bond acceptors (Lipinski definition) is 3. The summed E-state index contributed by atoms with van der Waals surface area (Å²) in [6, 6.07) is 4.16. The second kappa shape index (κ2) is 7.05. The van der Waals surface area contributed by atoms with Gasteiger partial charge in [-0.25, -0.2) is 0 Å². The lowest BCUT2D eigenvalue weighted by molar-refractivity contribution is -0.128. The van der Waals surface area contributed by atoms with E-state index in [1.807, 2.05) is 6.92 Å². The Morgan fingerprint density at radius 3 is 2.62 bits per heavy atom.